The molecule has 2 rings (SSSR count). The van der Waals surface area contributed by atoms with Gasteiger partial charge in [0.15, 0.2) is 0 Å². The zero-order valence-electron chi connectivity index (χ0n) is 9.42. The van der Waals surface area contributed by atoms with Crippen LogP contribution in [-0.4, -0.2) is 15.5 Å². The molecule has 1 heterocycles. The molecule has 0 aromatic carbocycles. The van der Waals surface area contributed by atoms with Gasteiger partial charge < -0.3 is 10.3 Å². The smallest absolute Gasteiger partial charge is 0.252 e. The van der Waals surface area contributed by atoms with Crippen LogP contribution in [0.15, 0.2) is 10.9 Å². The van der Waals surface area contributed by atoms with Crippen LogP contribution in [0.1, 0.15) is 45.4 Å². The summed E-state index contributed by atoms with van der Waals surface area (Å²) in [5.41, 5.74) is 0.0788. The maximum atomic E-state index is 11.4. The lowest BCUT2D eigenvalue weighted by Crippen LogP contribution is -2.21. The third-order valence-corrected chi connectivity index (χ3v) is 2.74. The summed E-state index contributed by atoms with van der Waals surface area (Å²) in [7, 11) is 0. The highest BCUT2D eigenvalue weighted by Crippen LogP contribution is 2.37. The number of H-pyrrole nitrogens is 1. The van der Waals surface area contributed by atoms with Crippen molar-refractivity contribution < 1.29 is 0 Å². The molecule has 1 fully saturated rings. The number of anilines is 1. The van der Waals surface area contributed by atoms with Crippen LogP contribution in [0.4, 0.5) is 5.82 Å². The van der Waals surface area contributed by atoms with Gasteiger partial charge in [-0.3, -0.25) is 4.79 Å². The standard InChI is InChI=1S/C11H17N3O/c1-7(2)10-12-8(6-9(15)13-10)14-11(3)4-5-11/h6-7H,4-5H2,1-3H3,(H2,12,13,14,15). The molecule has 0 spiro atoms. The summed E-state index contributed by atoms with van der Waals surface area (Å²) >= 11 is 0. The van der Waals surface area contributed by atoms with E-state index in [1.807, 2.05) is 13.8 Å². The van der Waals surface area contributed by atoms with Crippen LogP contribution in [0.3, 0.4) is 0 Å². The number of hydrogen-bond acceptors (Lipinski definition) is 3. The predicted molar refractivity (Wildman–Crippen MR) is 60.2 cm³/mol. The van der Waals surface area contributed by atoms with E-state index in [1.165, 1.54) is 6.07 Å². The summed E-state index contributed by atoms with van der Waals surface area (Å²) in [5, 5.41) is 3.30. The zero-order valence-corrected chi connectivity index (χ0v) is 9.42. The fraction of sp³-hybridized carbons (Fsp3) is 0.636. The first-order valence-electron chi connectivity index (χ1n) is 5.38. The monoisotopic (exact) mass is 207 g/mol. The van der Waals surface area contributed by atoms with Crippen LogP contribution in [0.5, 0.6) is 0 Å². The van der Waals surface area contributed by atoms with E-state index in [4.69, 9.17) is 0 Å². The highest BCUT2D eigenvalue weighted by Gasteiger charge is 2.37. The fourth-order valence-electron chi connectivity index (χ4n) is 1.44. The van der Waals surface area contributed by atoms with Crippen molar-refractivity contribution >= 4 is 5.82 Å². The summed E-state index contributed by atoms with van der Waals surface area (Å²) < 4.78 is 0. The van der Waals surface area contributed by atoms with Gasteiger partial charge in [-0.2, -0.15) is 0 Å². The Hall–Kier alpha value is -1.32. The van der Waals surface area contributed by atoms with E-state index in [1.54, 1.807) is 0 Å². The average molecular weight is 207 g/mol. The van der Waals surface area contributed by atoms with Gasteiger partial charge in [-0.25, -0.2) is 4.98 Å². The van der Waals surface area contributed by atoms with Crippen molar-refractivity contribution in [3.05, 3.63) is 22.2 Å². The van der Waals surface area contributed by atoms with E-state index in [2.05, 4.69) is 22.2 Å². The Bertz CT molecular complexity index is 418. The molecule has 0 saturated heterocycles. The molecule has 15 heavy (non-hydrogen) atoms. The zero-order chi connectivity index (χ0) is 11.1. The lowest BCUT2D eigenvalue weighted by molar-refractivity contribution is 0.754. The lowest BCUT2D eigenvalue weighted by atomic mass is 10.2. The van der Waals surface area contributed by atoms with Crippen LogP contribution in [0.2, 0.25) is 0 Å². The summed E-state index contributed by atoms with van der Waals surface area (Å²) in [5.74, 6) is 1.68. The van der Waals surface area contributed by atoms with Gasteiger partial charge in [-0.05, 0) is 19.8 Å². The van der Waals surface area contributed by atoms with Crippen LogP contribution in [-0.2, 0) is 0 Å². The molecule has 0 bridgehead atoms. The molecule has 0 unspecified atom stereocenters. The van der Waals surface area contributed by atoms with Gasteiger partial charge in [0.2, 0.25) is 0 Å². The van der Waals surface area contributed by atoms with Gasteiger partial charge in [0.1, 0.15) is 11.6 Å². The lowest BCUT2D eigenvalue weighted by Gasteiger charge is -2.13. The number of nitrogens with zero attached hydrogens (tertiary/aromatic N) is 1. The highest BCUT2D eigenvalue weighted by molar-refractivity contribution is 5.39. The van der Waals surface area contributed by atoms with E-state index in [0.717, 1.165) is 18.7 Å². The van der Waals surface area contributed by atoms with E-state index < -0.39 is 0 Å². The Morgan fingerprint density at radius 3 is 2.73 bits per heavy atom. The topological polar surface area (TPSA) is 57.8 Å². The van der Waals surface area contributed by atoms with Crippen LogP contribution >= 0.6 is 0 Å². The van der Waals surface area contributed by atoms with E-state index in [0.29, 0.717) is 5.82 Å². The van der Waals surface area contributed by atoms with E-state index >= 15 is 0 Å². The summed E-state index contributed by atoms with van der Waals surface area (Å²) in [6.07, 6.45) is 2.30. The Balaban J connectivity index is 2.27. The second kappa shape index (κ2) is 3.36. The minimum Gasteiger partial charge on any atom is -0.365 e. The summed E-state index contributed by atoms with van der Waals surface area (Å²) in [6, 6.07) is 1.52. The molecule has 1 aromatic rings. The molecule has 0 atom stereocenters. The molecule has 82 valence electrons. The van der Waals surface area contributed by atoms with E-state index in [9.17, 15) is 4.79 Å². The van der Waals surface area contributed by atoms with Gasteiger partial charge in [0.05, 0.1) is 0 Å². The second-order valence-electron chi connectivity index (χ2n) is 4.86. The van der Waals surface area contributed by atoms with Crippen molar-refractivity contribution in [2.75, 3.05) is 5.32 Å². The molecule has 1 saturated carbocycles. The van der Waals surface area contributed by atoms with Crippen LogP contribution in [0.25, 0.3) is 0 Å². The normalized spacial score (nSPS) is 17.9. The van der Waals surface area contributed by atoms with E-state index in [-0.39, 0.29) is 17.0 Å². The molecule has 4 nitrogen and oxygen atoms in total. The van der Waals surface area contributed by atoms with Crippen LogP contribution < -0.4 is 10.9 Å². The molecule has 1 aromatic heterocycles. The average Bonchev–Trinajstić information content (AvgIpc) is 2.81. The Kier molecular flexibility index (Phi) is 2.29. The number of aromatic amines is 1. The first-order valence-corrected chi connectivity index (χ1v) is 5.38. The van der Waals surface area contributed by atoms with Crippen molar-refractivity contribution in [1.29, 1.82) is 0 Å². The van der Waals surface area contributed by atoms with Gasteiger partial charge in [-0.1, -0.05) is 13.8 Å². The SMILES string of the molecule is CC(C)c1nc(NC2(C)CC2)cc(=O)[nH]1. The predicted octanol–water partition coefficient (Wildman–Crippen LogP) is 1.86. The van der Waals surface area contributed by atoms with Gasteiger partial charge in [0.25, 0.3) is 5.56 Å². The number of rotatable bonds is 3. The fourth-order valence-corrected chi connectivity index (χ4v) is 1.44. The third kappa shape index (κ3) is 2.37. The van der Waals surface area contributed by atoms with Gasteiger partial charge in [0, 0.05) is 17.5 Å². The van der Waals surface area contributed by atoms with Crippen molar-refractivity contribution in [3.63, 3.8) is 0 Å². The Labute approximate surface area is 89.1 Å². The second-order valence-corrected chi connectivity index (χ2v) is 4.86. The summed E-state index contributed by atoms with van der Waals surface area (Å²) in [4.78, 5) is 18.5. The minimum atomic E-state index is -0.0829. The quantitative estimate of drug-likeness (QED) is 0.795. The Morgan fingerprint density at radius 1 is 1.53 bits per heavy atom. The minimum absolute atomic E-state index is 0.0829. The Morgan fingerprint density at radius 2 is 2.20 bits per heavy atom. The number of nitrogens with one attached hydrogen (secondary N) is 2. The van der Waals surface area contributed by atoms with Crippen molar-refractivity contribution in [2.24, 2.45) is 0 Å². The van der Waals surface area contributed by atoms with Crippen molar-refractivity contribution in [3.8, 4) is 0 Å². The first kappa shape index (κ1) is 10.2. The molecule has 1 aliphatic rings. The summed E-state index contributed by atoms with van der Waals surface area (Å²) in [6.45, 7) is 6.17. The highest BCUT2D eigenvalue weighted by atomic mass is 16.1. The number of hydrogen-bond donors (Lipinski definition) is 2. The van der Waals surface area contributed by atoms with Crippen molar-refractivity contribution in [2.45, 2.75) is 45.1 Å². The molecule has 0 radical (unpaired) electrons. The maximum absolute atomic E-state index is 11.4. The van der Waals surface area contributed by atoms with Gasteiger partial charge in [-0.15, -0.1) is 0 Å². The molecular formula is C11H17N3O. The molecular weight excluding hydrogens is 190 g/mol. The van der Waals surface area contributed by atoms with Crippen LogP contribution in [0, 0.1) is 0 Å². The molecule has 0 amide bonds. The maximum Gasteiger partial charge on any atom is 0.252 e. The van der Waals surface area contributed by atoms with Gasteiger partial charge >= 0.3 is 0 Å². The molecule has 0 aliphatic heterocycles. The molecule has 2 N–H and O–H groups in total. The first-order chi connectivity index (χ1) is 6.98. The third-order valence-electron chi connectivity index (χ3n) is 2.74. The molecule has 1 aliphatic carbocycles. The molecule has 4 heteroatoms. The van der Waals surface area contributed by atoms with Crippen molar-refractivity contribution in [1.82, 2.24) is 9.97 Å². The largest absolute Gasteiger partial charge is 0.365 e. The number of aromatic nitrogens is 2.